The molecule has 7 nitrogen and oxygen atoms in total. The summed E-state index contributed by atoms with van der Waals surface area (Å²) in [6.07, 6.45) is -3.04. The van der Waals surface area contributed by atoms with Crippen LogP contribution in [-0.4, -0.2) is 51.6 Å². The molecule has 10 heteroatoms. The number of aliphatic hydroxyl groups is 1. The summed E-state index contributed by atoms with van der Waals surface area (Å²) in [5.41, 5.74) is -6.36. The van der Waals surface area contributed by atoms with Gasteiger partial charge in [0.1, 0.15) is 11.7 Å². The summed E-state index contributed by atoms with van der Waals surface area (Å²) in [6, 6.07) is 0. The van der Waals surface area contributed by atoms with Gasteiger partial charge in [0.2, 0.25) is 0 Å². The van der Waals surface area contributed by atoms with Crippen LogP contribution in [0.4, 0.5) is 13.2 Å². The molecule has 0 spiro atoms. The molecule has 1 rings (SSSR count). The maximum atomic E-state index is 13.6. The third-order valence-corrected chi connectivity index (χ3v) is 7.49. The molecule has 1 aliphatic rings. The van der Waals surface area contributed by atoms with Crippen LogP contribution in [0.3, 0.4) is 0 Å². The lowest BCUT2D eigenvalue weighted by Crippen LogP contribution is -2.46. The van der Waals surface area contributed by atoms with Crippen LogP contribution in [0.2, 0.25) is 0 Å². The first-order valence-electron chi connectivity index (χ1n) is 12.7. The van der Waals surface area contributed by atoms with Crippen LogP contribution < -0.4 is 0 Å². The standard InChI is InChI=1S/C26H43F3O7/c1-8-18(19(30)31)15-23(6,21(33)36-25(9-2)12-10-11-13-25)16-22(4,5)20(32)35-17(3)14-24(7,34)26(27,28)29/h17-18,34H,8-16H2,1-7H3,(H,30,31). The molecule has 0 radical (unpaired) electrons. The van der Waals surface area contributed by atoms with Crippen molar-refractivity contribution < 1.29 is 47.2 Å². The van der Waals surface area contributed by atoms with Crippen LogP contribution in [0, 0.1) is 16.7 Å². The van der Waals surface area contributed by atoms with E-state index in [-0.39, 0.29) is 19.3 Å². The summed E-state index contributed by atoms with van der Waals surface area (Å²) in [5, 5.41) is 19.4. The molecule has 1 aliphatic carbocycles. The lowest BCUT2D eigenvalue weighted by atomic mass is 9.69. The lowest BCUT2D eigenvalue weighted by molar-refractivity contribution is -0.261. The summed E-state index contributed by atoms with van der Waals surface area (Å²) in [5.74, 6) is -3.34. The van der Waals surface area contributed by atoms with Crippen molar-refractivity contribution in [3.05, 3.63) is 0 Å². The SMILES string of the molecule is CCC(CC(C)(CC(C)(C)C(=O)OC(C)CC(C)(O)C(F)(F)F)C(=O)OC1(CC)CCCC1)C(=O)O. The second-order valence-electron chi connectivity index (χ2n) is 11.6. The number of esters is 2. The van der Waals surface area contributed by atoms with Gasteiger partial charge in [-0.05, 0) is 86.0 Å². The normalized spacial score (nSPS) is 21.1. The predicted octanol–water partition coefficient (Wildman–Crippen LogP) is 5.81. The molecule has 0 aromatic heterocycles. The predicted molar refractivity (Wildman–Crippen MR) is 127 cm³/mol. The third kappa shape index (κ3) is 8.08. The second kappa shape index (κ2) is 11.7. The molecule has 1 saturated carbocycles. The van der Waals surface area contributed by atoms with Crippen LogP contribution >= 0.6 is 0 Å². The van der Waals surface area contributed by atoms with Crippen molar-refractivity contribution in [1.29, 1.82) is 0 Å². The quantitative estimate of drug-likeness (QED) is 0.293. The molecule has 210 valence electrons. The number of ether oxygens (including phenoxy) is 2. The van der Waals surface area contributed by atoms with E-state index in [0.717, 1.165) is 12.8 Å². The first-order chi connectivity index (χ1) is 16.2. The highest BCUT2D eigenvalue weighted by Crippen LogP contribution is 2.45. The number of hydrogen-bond donors (Lipinski definition) is 2. The maximum absolute atomic E-state index is 13.6. The third-order valence-electron chi connectivity index (χ3n) is 7.49. The zero-order valence-corrected chi connectivity index (χ0v) is 22.6. The van der Waals surface area contributed by atoms with E-state index in [1.807, 2.05) is 6.92 Å². The van der Waals surface area contributed by atoms with Gasteiger partial charge in [-0.1, -0.05) is 13.8 Å². The average molecular weight is 525 g/mol. The molecule has 4 atom stereocenters. The van der Waals surface area contributed by atoms with Gasteiger partial charge >= 0.3 is 24.1 Å². The van der Waals surface area contributed by atoms with Gasteiger partial charge in [0.15, 0.2) is 5.60 Å². The van der Waals surface area contributed by atoms with Crippen molar-refractivity contribution >= 4 is 17.9 Å². The van der Waals surface area contributed by atoms with Gasteiger partial charge in [0.25, 0.3) is 0 Å². The average Bonchev–Trinajstić information content (AvgIpc) is 3.19. The fourth-order valence-corrected chi connectivity index (χ4v) is 5.15. The smallest absolute Gasteiger partial charge is 0.417 e. The van der Waals surface area contributed by atoms with E-state index in [1.54, 1.807) is 13.8 Å². The highest BCUT2D eigenvalue weighted by Gasteiger charge is 2.52. The number of carbonyl (C=O) groups is 3. The minimum atomic E-state index is -4.90. The lowest BCUT2D eigenvalue weighted by Gasteiger charge is -2.39. The molecular weight excluding hydrogens is 481 g/mol. The number of carboxylic acid groups (broad SMARTS) is 1. The molecule has 0 saturated heterocycles. The minimum Gasteiger partial charge on any atom is -0.481 e. The van der Waals surface area contributed by atoms with Crippen LogP contribution in [0.5, 0.6) is 0 Å². The molecule has 0 bridgehead atoms. The van der Waals surface area contributed by atoms with Gasteiger partial charge < -0.3 is 19.7 Å². The molecule has 4 unspecified atom stereocenters. The van der Waals surface area contributed by atoms with Crippen molar-refractivity contribution in [3.63, 3.8) is 0 Å². The van der Waals surface area contributed by atoms with Crippen LogP contribution in [-0.2, 0) is 23.9 Å². The Morgan fingerprint density at radius 3 is 1.92 bits per heavy atom. The number of alkyl halides is 3. The molecule has 1 fully saturated rings. The summed E-state index contributed by atoms with van der Waals surface area (Å²) in [4.78, 5) is 38.4. The Bertz CT molecular complexity index is 785. The molecule has 0 aliphatic heterocycles. The van der Waals surface area contributed by atoms with E-state index >= 15 is 0 Å². The zero-order chi connectivity index (χ0) is 28.2. The van der Waals surface area contributed by atoms with E-state index in [0.29, 0.717) is 26.2 Å². The molecule has 36 heavy (non-hydrogen) atoms. The van der Waals surface area contributed by atoms with Gasteiger partial charge in [-0.15, -0.1) is 0 Å². The second-order valence-corrected chi connectivity index (χ2v) is 11.6. The summed E-state index contributed by atoms with van der Waals surface area (Å²) >= 11 is 0. The summed E-state index contributed by atoms with van der Waals surface area (Å²) in [7, 11) is 0. The number of rotatable bonds is 13. The molecule has 0 amide bonds. The van der Waals surface area contributed by atoms with Gasteiger partial charge in [-0.3, -0.25) is 14.4 Å². The summed E-state index contributed by atoms with van der Waals surface area (Å²) < 4.78 is 50.4. The van der Waals surface area contributed by atoms with Gasteiger partial charge in [0, 0.05) is 6.42 Å². The number of carboxylic acids is 1. The fourth-order valence-electron chi connectivity index (χ4n) is 5.15. The Morgan fingerprint density at radius 1 is 0.972 bits per heavy atom. The van der Waals surface area contributed by atoms with E-state index in [2.05, 4.69) is 0 Å². The molecular formula is C26H43F3O7. The van der Waals surface area contributed by atoms with Crippen molar-refractivity contribution in [2.75, 3.05) is 0 Å². The molecule has 0 aromatic rings. The summed E-state index contributed by atoms with van der Waals surface area (Å²) in [6.45, 7) is 10.1. The number of carbonyl (C=O) groups excluding carboxylic acids is 2. The topological polar surface area (TPSA) is 110 Å². The van der Waals surface area contributed by atoms with E-state index in [4.69, 9.17) is 9.47 Å². The van der Waals surface area contributed by atoms with Gasteiger partial charge in [-0.2, -0.15) is 13.2 Å². The Morgan fingerprint density at radius 2 is 1.50 bits per heavy atom. The number of hydrogen-bond acceptors (Lipinski definition) is 6. The Hall–Kier alpha value is -1.84. The largest absolute Gasteiger partial charge is 0.481 e. The fraction of sp³-hybridized carbons (Fsp3) is 0.885. The first kappa shape index (κ1) is 32.2. The zero-order valence-electron chi connectivity index (χ0n) is 22.6. The highest BCUT2D eigenvalue weighted by atomic mass is 19.4. The molecule has 0 aromatic carbocycles. The van der Waals surface area contributed by atoms with E-state index in [1.165, 1.54) is 20.8 Å². The maximum Gasteiger partial charge on any atom is 0.417 e. The number of aliphatic carboxylic acids is 1. The number of halogens is 3. The van der Waals surface area contributed by atoms with E-state index in [9.17, 15) is 37.8 Å². The van der Waals surface area contributed by atoms with Gasteiger partial charge in [-0.25, -0.2) is 0 Å². The van der Waals surface area contributed by atoms with Crippen LogP contribution in [0.15, 0.2) is 0 Å². The van der Waals surface area contributed by atoms with Crippen molar-refractivity contribution in [3.8, 4) is 0 Å². The van der Waals surface area contributed by atoms with Crippen molar-refractivity contribution in [2.24, 2.45) is 16.7 Å². The van der Waals surface area contributed by atoms with Crippen LogP contribution in [0.1, 0.15) is 106 Å². The van der Waals surface area contributed by atoms with Gasteiger partial charge in [0.05, 0.1) is 16.7 Å². The Labute approximate surface area is 212 Å². The highest BCUT2D eigenvalue weighted by molar-refractivity contribution is 5.81. The first-order valence-corrected chi connectivity index (χ1v) is 12.7. The molecule has 2 N–H and O–H groups in total. The Kier molecular flexibility index (Phi) is 10.5. The minimum absolute atomic E-state index is 0.0630. The van der Waals surface area contributed by atoms with Crippen molar-refractivity contribution in [1.82, 2.24) is 0 Å². The van der Waals surface area contributed by atoms with Crippen molar-refractivity contribution in [2.45, 2.75) is 130 Å². The monoisotopic (exact) mass is 524 g/mol. The molecule has 0 heterocycles. The van der Waals surface area contributed by atoms with Crippen LogP contribution in [0.25, 0.3) is 0 Å². The Balaban J connectivity index is 3.15. The van der Waals surface area contributed by atoms with E-state index < -0.39 is 64.6 Å².